The highest BCUT2D eigenvalue weighted by molar-refractivity contribution is 5.94. The van der Waals surface area contributed by atoms with Gasteiger partial charge in [0.05, 0.1) is 22.8 Å². The quantitative estimate of drug-likeness (QED) is 0.389. The van der Waals surface area contributed by atoms with Crippen LogP contribution in [0.3, 0.4) is 0 Å². The number of nitrogens with two attached hydrogens (primary N) is 1. The van der Waals surface area contributed by atoms with Gasteiger partial charge in [-0.05, 0) is 12.5 Å². The van der Waals surface area contributed by atoms with Crippen molar-refractivity contribution in [2.75, 3.05) is 0 Å². The van der Waals surface area contributed by atoms with Gasteiger partial charge in [0.1, 0.15) is 0 Å². The van der Waals surface area contributed by atoms with E-state index < -0.39 is 5.91 Å². The van der Waals surface area contributed by atoms with Crippen LogP contribution in [0.5, 0.6) is 0 Å². The summed E-state index contributed by atoms with van der Waals surface area (Å²) in [6.07, 6.45) is 0. The van der Waals surface area contributed by atoms with Crippen molar-refractivity contribution in [1.29, 1.82) is 0 Å². The first-order valence-electron chi connectivity index (χ1n) is 6.97. The van der Waals surface area contributed by atoms with E-state index in [0.29, 0.717) is 17.1 Å². The molecule has 0 aliphatic rings. The molecule has 0 heterocycles. The Morgan fingerprint density at radius 1 is 0.696 bits per heavy atom. The molecule has 0 aromatic carbocycles. The zero-order valence-corrected chi connectivity index (χ0v) is 14.4. The minimum Gasteiger partial charge on any atom is -0.398 e. The van der Waals surface area contributed by atoms with Crippen molar-refractivity contribution in [3.63, 3.8) is 0 Å². The largest absolute Gasteiger partial charge is 0.398 e. The van der Waals surface area contributed by atoms with Crippen LogP contribution < -0.4 is 21.7 Å². The van der Waals surface area contributed by atoms with E-state index in [2.05, 4.69) is 62.0 Å². The van der Waals surface area contributed by atoms with Crippen LogP contribution in [0.15, 0.2) is 85.8 Å². The minimum absolute atomic E-state index is 0.0614. The van der Waals surface area contributed by atoms with Crippen molar-refractivity contribution < 1.29 is 4.79 Å². The predicted octanol–water partition coefficient (Wildman–Crippen LogP) is 2.93. The van der Waals surface area contributed by atoms with Crippen molar-refractivity contribution in [2.45, 2.75) is 20.8 Å². The van der Waals surface area contributed by atoms with Gasteiger partial charge in [-0.3, -0.25) is 4.79 Å². The highest BCUT2D eigenvalue weighted by Gasteiger charge is 2.11. The van der Waals surface area contributed by atoms with Crippen molar-refractivity contribution in [1.82, 2.24) is 16.0 Å². The summed E-state index contributed by atoms with van der Waals surface area (Å²) in [5.74, 6) is -0.501. The van der Waals surface area contributed by atoms with Gasteiger partial charge in [0.15, 0.2) is 0 Å². The lowest BCUT2D eigenvalue weighted by molar-refractivity contribution is -0.117. The van der Waals surface area contributed by atoms with Crippen LogP contribution in [0.1, 0.15) is 20.8 Å². The lowest BCUT2D eigenvalue weighted by atomic mass is 10.2. The maximum Gasteiger partial charge on any atom is 0.271 e. The third kappa shape index (κ3) is 8.83. The summed E-state index contributed by atoms with van der Waals surface area (Å²) in [6.45, 7) is 31.5. The van der Waals surface area contributed by atoms with Gasteiger partial charge in [-0.1, -0.05) is 59.9 Å². The monoisotopic (exact) mass is 316 g/mol. The standard InChI is InChI=1S/C16H22N4O.C2H6/c1-9(2)11(4)18-13(6)14(7)19-15(8)16(21)20-12(5)10(3)17;1-2/h18-19H,1,3-8,17H2,2H3,(H,20,21);1-2H3. The molecule has 5 N–H and O–H groups in total. The molecule has 0 aromatic rings. The van der Waals surface area contributed by atoms with E-state index in [0.717, 1.165) is 5.57 Å². The molecule has 0 unspecified atom stereocenters. The molecule has 126 valence electrons. The average molecular weight is 316 g/mol. The Kier molecular flexibility index (Phi) is 10.4. The molecule has 1 amide bonds. The smallest absolute Gasteiger partial charge is 0.271 e. The number of hydrogen-bond acceptors (Lipinski definition) is 4. The molecule has 0 rings (SSSR count). The van der Waals surface area contributed by atoms with E-state index in [1.165, 1.54) is 0 Å². The topological polar surface area (TPSA) is 79.2 Å². The zero-order chi connectivity index (χ0) is 18.7. The van der Waals surface area contributed by atoms with Crippen LogP contribution >= 0.6 is 0 Å². The molecule has 0 atom stereocenters. The summed E-state index contributed by atoms with van der Waals surface area (Å²) >= 11 is 0. The van der Waals surface area contributed by atoms with Gasteiger partial charge in [0, 0.05) is 11.4 Å². The molecular formula is C18H28N4O. The van der Waals surface area contributed by atoms with Gasteiger partial charge in [0.2, 0.25) is 0 Å². The van der Waals surface area contributed by atoms with Crippen LogP contribution in [0.4, 0.5) is 0 Å². The molecule has 0 aliphatic carbocycles. The summed E-state index contributed by atoms with van der Waals surface area (Å²) in [5.41, 5.74) is 8.01. The van der Waals surface area contributed by atoms with Crippen LogP contribution in [0.2, 0.25) is 0 Å². The number of nitrogens with one attached hydrogen (secondary N) is 3. The van der Waals surface area contributed by atoms with Crippen molar-refractivity contribution in [3.05, 3.63) is 85.8 Å². The van der Waals surface area contributed by atoms with Crippen LogP contribution in [0, 0.1) is 0 Å². The molecule has 0 saturated heterocycles. The van der Waals surface area contributed by atoms with E-state index >= 15 is 0 Å². The Morgan fingerprint density at radius 3 is 1.43 bits per heavy atom. The fourth-order valence-corrected chi connectivity index (χ4v) is 0.971. The van der Waals surface area contributed by atoms with E-state index in [1.807, 2.05) is 13.8 Å². The second kappa shape index (κ2) is 10.7. The Morgan fingerprint density at radius 2 is 1.09 bits per heavy atom. The number of carbonyl (C=O) groups is 1. The Bertz CT molecular complexity index is 518. The van der Waals surface area contributed by atoms with Gasteiger partial charge >= 0.3 is 0 Å². The molecule has 0 fully saturated rings. The SMILES string of the molecule is C=C(C)C(=C)NC(=C)C(=C)NC(=C)C(=O)NC(=C)C(=C)N.CC. The highest BCUT2D eigenvalue weighted by Crippen LogP contribution is 2.07. The molecule has 0 radical (unpaired) electrons. The van der Waals surface area contributed by atoms with Gasteiger partial charge in [-0.15, -0.1) is 0 Å². The maximum absolute atomic E-state index is 11.8. The number of rotatable bonds is 9. The normalized spacial score (nSPS) is 8.48. The van der Waals surface area contributed by atoms with Crippen LogP contribution in [-0.2, 0) is 4.79 Å². The predicted molar refractivity (Wildman–Crippen MR) is 99.6 cm³/mol. The number of hydrogen-bond donors (Lipinski definition) is 4. The fraction of sp³-hybridized carbons (Fsp3) is 0.167. The summed E-state index contributed by atoms with van der Waals surface area (Å²) in [6, 6.07) is 0. The lowest BCUT2D eigenvalue weighted by Crippen LogP contribution is -2.32. The molecule has 0 saturated carbocycles. The summed E-state index contributed by atoms with van der Waals surface area (Å²) in [7, 11) is 0. The molecule has 5 nitrogen and oxygen atoms in total. The molecule has 5 heteroatoms. The fourth-order valence-electron chi connectivity index (χ4n) is 0.971. The second-order valence-corrected chi connectivity index (χ2v) is 4.40. The van der Waals surface area contributed by atoms with Crippen molar-refractivity contribution >= 4 is 5.91 Å². The molecule has 0 aliphatic heterocycles. The highest BCUT2D eigenvalue weighted by atomic mass is 16.2. The van der Waals surface area contributed by atoms with Gasteiger partial charge in [0.25, 0.3) is 5.91 Å². The molecule has 23 heavy (non-hydrogen) atoms. The Labute approximate surface area is 139 Å². The number of carbonyl (C=O) groups excluding carboxylic acids is 1. The van der Waals surface area contributed by atoms with E-state index in [4.69, 9.17) is 5.73 Å². The van der Waals surface area contributed by atoms with Gasteiger partial charge < -0.3 is 21.7 Å². The summed E-state index contributed by atoms with van der Waals surface area (Å²) < 4.78 is 0. The third-order valence-electron chi connectivity index (χ3n) is 2.41. The third-order valence-corrected chi connectivity index (χ3v) is 2.41. The lowest BCUT2D eigenvalue weighted by Gasteiger charge is -2.17. The molecule has 0 spiro atoms. The first kappa shape index (κ1) is 22.3. The van der Waals surface area contributed by atoms with Crippen molar-refractivity contribution in [2.24, 2.45) is 5.73 Å². The van der Waals surface area contributed by atoms with E-state index in [1.54, 1.807) is 6.92 Å². The van der Waals surface area contributed by atoms with E-state index in [-0.39, 0.29) is 17.1 Å². The van der Waals surface area contributed by atoms with Gasteiger partial charge in [-0.2, -0.15) is 0 Å². The first-order valence-corrected chi connectivity index (χ1v) is 6.97. The maximum atomic E-state index is 11.8. The zero-order valence-electron chi connectivity index (χ0n) is 14.4. The van der Waals surface area contributed by atoms with Gasteiger partial charge in [-0.25, -0.2) is 0 Å². The molecule has 0 aromatic heterocycles. The average Bonchev–Trinajstić information content (AvgIpc) is 2.48. The van der Waals surface area contributed by atoms with E-state index in [9.17, 15) is 4.79 Å². The number of amides is 1. The second-order valence-electron chi connectivity index (χ2n) is 4.40. The Hall–Kier alpha value is -2.95. The Balaban J connectivity index is 0. The van der Waals surface area contributed by atoms with Crippen LogP contribution in [0.25, 0.3) is 0 Å². The van der Waals surface area contributed by atoms with Crippen LogP contribution in [-0.4, -0.2) is 5.91 Å². The first-order chi connectivity index (χ1) is 10.6. The van der Waals surface area contributed by atoms with Crippen molar-refractivity contribution in [3.8, 4) is 0 Å². The molecular weight excluding hydrogens is 288 g/mol. The minimum atomic E-state index is -0.501. The summed E-state index contributed by atoms with van der Waals surface area (Å²) in [4.78, 5) is 11.8. The number of allylic oxidation sites excluding steroid dienone is 1. The summed E-state index contributed by atoms with van der Waals surface area (Å²) in [5, 5.41) is 8.07. The molecule has 0 bridgehead atoms.